The number of halogens is 1. The summed E-state index contributed by atoms with van der Waals surface area (Å²) in [5.74, 6) is 1.05. The summed E-state index contributed by atoms with van der Waals surface area (Å²) in [4.78, 5) is 28.6. The highest BCUT2D eigenvalue weighted by Crippen LogP contribution is 2.38. The van der Waals surface area contributed by atoms with Crippen molar-refractivity contribution in [2.24, 2.45) is 11.8 Å². The largest absolute Gasteiger partial charge is 0.488 e. The molecule has 30 heavy (non-hydrogen) atoms. The van der Waals surface area contributed by atoms with Gasteiger partial charge in [-0.3, -0.25) is 9.59 Å². The minimum atomic E-state index is -0.596. The Labute approximate surface area is 177 Å². The van der Waals surface area contributed by atoms with Crippen LogP contribution >= 0.6 is 0 Å². The standard InChI is InChI=1S/C23H31FN2O4/c24-18-5-7-19(8-6-18)30-21-13-17-15-26(14-16(17)12-20(21)27)23(29)9-11-25-10-3-1-2-4-22(25)28/h5-8,16-17,20-21,27H,1-4,9-15H2/t16-,17+,20+,21+/m0/s1. The summed E-state index contributed by atoms with van der Waals surface area (Å²) >= 11 is 0. The van der Waals surface area contributed by atoms with E-state index in [0.717, 1.165) is 25.8 Å². The van der Waals surface area contributed by atoms with Crippen LogP contribution in [0.5, 0.6) is 5.75 Å². The zero-order valence-corrected chi connectivity index (χ0v) is 17.3. The van der Waals surface area contributed by atoms with Gasteiger partial charge in [0.2, 0.25) is 11.8 Å². The maximum Gasteiger partial charge on any atom is 0.224 e. The fourth-order valence-corrected chi connectivity index (χ4v) is 5.07. The molecule has 6 nitrogen and oxygen atoms in total. The Bertz CT molecular complexity index is 756. The van der Waals surface area contributed by atoms with E-state index in [2.05, 4.69) is 0 Å². The molecule has 3 fully saturated rings. The Morgan fingerprint density at radius 2 is 1.83 bits per heavy atom. The molecule has 3 aliphatic rings. The summed E-state index contributed by atoms with van der Waals surface area (Å²) in [6.07, 6.45) is 4.34. The summed E-state index contributed by atoms with van der Waals surface area (Å²) in [6.45, 7) is 2.60. The number of ether oxygens (including phenoxy) is 1. The predicted molar refractivity (Wildman–Crippen MR) is 109 cm³/mol. The van der Waals surface area contributed by atoms with Crippen LogP contribution in [-0.4, -0.2) is 65.1 Å². The molecule has 0 aromatic heterocycles. The molecule has 7 heteroatoms. The van der Waals surface area contributed by atoms with E-state index in [1.807, 2.05) is 9.80 Å². The topological polar surface area (TPSA) is 70.1 Å². The average molecular weight is 419 g/mol. The number of carbonyl (C=O) groups excluding carboxylic acids is 2. The first-order chi connectivity index (χ1) is 14.5. The molecule has 164 valence electrons. The van der Waals surface area contributed by atoms with Crippen LogP contribution < -0.4 is 4.74 Å². The van der Waals surface area contributed by atoms with Crippen LogP contribution in [0.25, 0.3) is 0 Å². The third-order valence-corrected chi connectivity index (χ3v) is 6.81. The molecule has 0 unspecified atom stereocenters. The van der Waals surface area contributed by atoms with Crippen molar-refractivity contribution in [3.8, 4) is 5.75 Å². The molecule has 1 N–H and O–H groups in total. The van der Waals surface area contributed by atoms with Crippen molar-refractivity contribution in [2.75, 3.05) is 26.2 Å². The van der Waals surface area contributed by atoms with E-state index in [1.165, 1.54) is 12.1 Å². The second kappa shape index (κ2) is 9.33. The highest BCUT2D eigenvalue weighted by atomic mass is 19.1. The SMILES string of the molecule is O=C1CCCCCN1CCC(=O)N1C[C@H]2C[C@@H](Oc3ccc(F)cc3)[C@H](O)C[C@H]2C1. The van der Waals surface area contributed by atoms with Gasteiger partial charge in [0, 0.05) is 39.0 Å². The first kappa shape index (κ1) is 21.1. The molecule has 0 radical (unpaired) electrons. The molecule has 1 saturated carbocycles. The van der Waals surface area contributed by atoms with Gasteiger partial charge < -0.3 is 19.6 Å². The van der Waals surface area contributed by atoms with E-state index in [-0.39, 0.29) is 29.7 Å². The van der Waals surface area contributed by atoms with Gasteiger partial charge in [-0.1, -0.05) is 6.42 Å². The monoisotopic (exact) mass is 418 g/mol. The summed E-state index contributed by atoms with van der Waals surface area (Å²) in [7, 11) is 0. The van der Waals surface area contributed by atoms with E-state index < -0.39 is 6.10 Å². The minimum absolute atomic E-state index is 0.0898. The van der Waals surface area contributed by atoms with Crippen molar-refractivity contribution in [1.29, 1.82) is 0 Å². The first-order valence-electron chi connectivity index (χ1n) is 11.2. The second-order valence-electron chi connectivity index (χ2n) is 8.91. The fraction of sp³-hybridized carbons (Fsp3) is 0.652. The molecular weight excluding hydrogens is 387 g/mol. The Morgan fingerprint density at radius 1 is 1.10 bits per heavy atom. The van der Waals surface area contributed by atoms with Crippen molar-refractivity contribution in [3.05, 3.63) is 30.1 Å². The number of aliphatic hydroxyl groups excluding tert-OH is 1. The lowest BCUT2D eigenvalue weighted by Gasteiger charge is -2.35. The molecule has 2 amide bonds. The molecule has 0 bridgehead atoms. The zero-order chi connectivity index (χ0) is 21.1. The van der Waals surface area contributed by atoms with Gasteiger partial charge in [-0.25, -0.2) is 4.39 Å². The van der Waals surface area contributed by atoms with Crippen LogP contribution in [0.15, 0.2) is 24.3 Å². The van der Waals surface area contributed by atoms with Gasteiger partial charge in [0.1, 0.15) is 17.7 Å². The highest BCUT2D eigenvalue weighted by molar-refractivity contribution is 5.79. The van der Waals surface area contributed by atoms with Gasteiger partial charge in [-0.2, -0.15) is 0 Å². The van der Waals surface area contributed by atoms with Crippen LogP contribution in [0.4, 0.5) is 4.39 Å². The Hall–Kier alpha value is -2.15. The third kappa shape index (κ3) is 4.94. The molecule has 2 heterocycles. The van der Waals surface area contributed by atoms with Gasteiger partial charge >= 0.3 is 0 Å². The Kier molecular flexibility index (Phi) is 6.56. The van der Waals surface area contributed by atoms with Crippen LogP contribution in [0.3, 0.4) is 0 Å². The van der Waals surface area contributed by atoms with Gasteiger partial charge in [-0.15, -0.1) is 0 Å². The van der Waals surface area contributed by atoms with Crippen molar-refractivity contribution in [1.82, 2.24) is 9.80 Å². The molecule has 0 spiro atoms. The molecule has 1 aromatic rings. The van der Waals surface area contributed by atoms with Crippen LogP contribution in [-0.2, 0) is 9.59 Å². The number of hydrogen-bond acceptors (Lipinski definition) is 4. The summed E-state index contributed by atoms with van der Waals surface area (Å²) in [5.41, 5.74) is 0. The smallest absolute Gasteiger partial charge is 0.224 e. The quantitative estimate of drug-likeness (QED) is 0.798. The van der Waals surface area contributed by atoms with E-state index in [0.29, 0.717) is 57.0 Å². The number of likely N-dealkylation sites (tertiary alicyclic amines) is 2. The first-order valence-corrected chi connectivity index (χ1v) is 11.2. The number of fused-ring (bicyclic) bond motifs is 1. The lowest BCUT2D eigenvalue weighted by Crippen LogP contribution is -2.42. The third-order valence-electron chi connectivity index (χ3n) is 6.81. The van der Waals surface area contributed by atoms with Crippen molar-refractivity contribution in [3.63, 3.8) is 0 Å². The normalized spacial score (nSPS) is 29.5. The van der Waals surface area contributed by atoms with Crippen LogP contribution in [0, 0.1) is 17.7 Å². The number of benzene rings is 1. The maximum absolute atomic E-state index is 13.1. The molecule has 1 aromatic carbocycles. The van der Waals surface area contributed by atoms with Crippen LogP contribution in [0.2, 0.25) is 0 Å². The number of nitrogens with zero attached hydrogens (tertiary/aromatic N) is 2. The Morgan fingerprint density at radius 3 is 2.60 bits per heavy atom. The average Bonchev–Trinajstić information content (AvgIpc) is 3.02. The van der Waals surface area contributed by atoms with Crippen molar-refractivity contribution in [2.45, 2.75) is 57.2 Å². The maximum atomic E-state index is 13.1. The number of hydrogen-bond donors (Lipinski definition) is 1. The lowest BCUT2D eigenvalue weighted by atomic mass is 9.78. The zero-order valence-electron chi connectivity index (χ0n) is 17.3. The molecule has 4 atom stereocenters. The second-order valence-corrected chi connectivity index (χ2v) is 8.91. The number of carbonyl (C=O) groups is 2. The van der Waals surface area contributed by atoms with E-state index in [9.17, 15) is 19.1 Å². The molecule has 2 saturated heterocycles. The van der Waals surface area contributed by atoms with Gasteiger partial charge in [0.05, 0.1) is 6.10 Å². The van der Waals surface area contributed by atoms with Crippen molar-refractivity contribution >= 4 is 11.8 Å². The molecular formula is C23H31FN2O4. The van der Waals surface area contributed by atoms with Crippen molar-refractivity contribution < 1.29 is 23.8 Å². The van der Waals surface area contributed by atoms with E-state index >= 15 is 0 Å². The number of amides is 2. The van der Waals surface area contributed by atoms with Gasteiger partial charge in [0.15, 0.2) is 0 Å². The predicted octanol–water partition coefficient (Wildman–Crippen LogP) is 2.60. The molecule has 2 aliphatic heterocycles. The van der Waals surface area contributed by atoms with Crippen LogP contribution in [0.1, 0.15) is 44.9 Å². The number of rotatable bonds is 5. The summed E-state index contributed by atoms with van der Waals surface area (Å²) < 4.78 is 19.0. The lowest BCUT2D eigenvalue weighted by molar-refractivity contribution is -0.133. The highest BCUT2D eigenvalue weighted by Gasteiger charge is 2.43. The minimum Gasteiger partial charge on any atom is -0.488 e. The van der Waals surface area contributed by atoms with E-state index in [4.69, 9.17) is 4.74 Å². The van der Waals surface area contributed by atoms with E-state index in [1.54, 1.807) is 12.1 Å². The van der Waals surface area contributed by atoms with Gasteiger partial charge in [0.25, 0.3) is 0 Å². The molecule has 1 aliphatic carbocycles. The Balaban J connectivity index is 1.29. The molecule has 4 rings (SSSR count). The summed E-state index contributed by atoms with van der Waals surface area (Å²) in [6, 6.07) is 5.84. The number of aliphatic hydroxyl groups is 1. The summed E-state index contributed by atoms with van der Waals surface area (Å²) in [5, 5.41) is 10.5. The fourth-order valence-electron chi connectivity index (χ4n) is 5.07. The van der Waals surface area contributed by atoms with Gasteiger partial charge in [-0.05, 0) is 61.8 Å².